The highest BCUT2D eigenvalue weighted by atomic mass is 15.0. The summed E-state index contributed by atoms with van der Waals surface area (Å²) in [6.45, 7) is 4.61. The Morgan fingerprint density at radius 2 is 0.667 bits per heavy atom. The molecule has 2 nitrogen and oxygen atoms in total. The van der Waals surface area contributed by atoms with Gasteiger partial charge in [0.05, 0.1) is 6.42 Å². The molecule has 0 aromatic heterocycles. The van der Waals surface area contributed by atoms with E-state index in [4.69, 9.17) is 0 Å². The molecule has 0 aromatic rings. The van der Waals surface area contributed by atoms with Crippen LogP contribution in [-0.4, -0.2) is 12.4 Å². The summed E-state index contributed by atoms with van der Waals surface area (Å²) in [5.41, 5.74) is 0. The topological polar surface area (TPSA) is 24.7 Å². The molecular formula is C37H71N2+. The maximum atomic E-state index is 4.42. The molecule has 1 aliphatic heterocycles. The van der Waals surface area contributed by atoms with E-state index in [0.717, 1.165) is 18.5 Å². The van der Waals surface area contributed by atoms with Gasteiger partial charge in [-0.1, -0.05) is 210 Å². The summed E-state index contributed by atoms with van der Waals surface area (Å²) in [5, 5.41) is 0. The molecule has 1 heterocycles. The maximum absolute atomic E-state index is 4.42. The fourth-order valence-electron chi connectivity index (χ4n) is 6.25. The zero-order chi connectivity index (χ0) is 27.9. The summed E-state index contributed by atoms with van der Waals surface area (Å²) in [5.74, 6) is 0.883. The van der Waals surface area contributed by atoms with Crippen LogP contribution in [0.2, 0.25) is 0 Å². The van der Waals surface area contributed by atoms with Crippen LogP contribution in [0.1, 0.15) is 213 Å². The van der Waals surface area contributed by atoms with Crippen molar-refractivity contribution in [2.45, 2.75) is 213 Å². The van der Waals surface area contributed by atoms with Crippen molar-refractivity contribution in [2.24, 2.45) is 15.9 Å². The van der Waals surface area contributed by atoms with Crippen molar-refractivity contribution >= 4 is 12.4 Å². The third-order valence-electron chi connectivity index (χ3n) is 8.97. The van der Waals surface area contributed by atoms with Crippen LogP contribution in [0.5, 0.6) is 0 Å². The first kappa shape index (κ1) is 36.2. The Balaban J connectivity index is 1.98. The zero-order valence-electron chi connectivity index (χ0n) is 27.0. The normalized spacial score (nSPS) is 13.6. The average Bonchev–Trinajstić information content (AvgIpc) is 3.47. The van der Waals surface area contributed by atoms with E-state index >= 15 is 0 Å². The highest BCUT2D eigenvalue weighted by Crippen LogP contribution is 2.27. The fourth-order valence-corrected chi connectivity index (χ4v) is 6.25. The second kappa shape index (κ2) is 30.2. The standard InChI is InChI=1S/C37H71N2/c1-3-5-7-9-11-13-15-17-19-21-23-25-27-29-31-36(32-33-37-38-34-35-39-37)30-28-26-24-22-20-18-16-14-12-10-8-6-4-2/h34-36H,3-33H2,1-2H3/q+1. The monoisotopic (exact) mass is 544 g/mol. The molecule has 228 valence electrons. The molecule has 0 aromatic carbocycles. The maximum Gasteiger partial charge on any atom is 0.240 e. The molecule has 1 rings (SSSR count). The van der Waals surface area contributed by atoms with Crippen molar-refractivity contribution in [1.29, 1.82) is 0 Å². The van der Waals surface area contributed by atoms with E-state index in [0.29, 0.717) is 0 Å². The predicted molar refractivity (Wildman–Crippen MR) is 178 cm³/mol. The van der Waals surface area contributed by atoms with Gasteiger partial charge in [0.2, 0.25) is 6.17 Å². The van der Waals surface area contributed by atoms with E-state index in [1.807, 2.05) is 12.4 Å². The number of hydrogen-bond acceptors (Lipinski definition) is 2. The van der Waals surface area contributed by atoms with Gasteiger partial charge in [0.1, 0.15) is 0 Å². The number of rotatable bonds is 32. The van der Waals surface area contributed by atoms with Gasteiger partial charge in [-0.3, -0.25) is 0 Å². The fraction of sp³-hybridized carbons (Fsp3) is 0.919. The Morgan fingerprint density at radius 1 is 0.385 bits per heavy atom. The van der Waals surface area contributed by atoms with E-state index < -0.39 is 0 Å². The van der Waals surface area contributed by atoms with Crippen LogP contribution in [0.25, 0.3) is 0 Å². The smallest absolute Gasteiger partial charge is 0.0968 e. The van der Waals surface area contributed by atoms with Crippen molar-refractivity contribution < 1.29 is 0 Å². The molecular weight excluding hydrogens is 472 g/mol. The van der Waals surface area contributed by atoms with E-state index in [-0.39, 0.29) is 0 Å². The SMILES string of the molecule is CCCCCCCCCCCCCCCCC(CCCCCCCCCCCCCCC)CC[C+]1N=CC=N1. The first-order valence-electron chi connectivity index (χ1n) is 18.3. The summed E-state index contributed by atoms with van der Waals surface area (Å²) in [6.07, 6.45) is 49.2. The van der Waals surface area contributed by atoms with Gasteiger partial charge < -0.3 is 0 Å². The van der Waals surface area contributed by atoms with Crippen molar-refractivity contribution in [3.8, 4) is 0 Å². The Bertz CT molecular complexity index is 514. The molecule has 0 N–H and O–H groups in total. The number of hydrogen-bond donors (Lipinski definition) is 0. The molecule has 1 aliphatic rings. The molecule has 0 radical (unpaired) electrons. The van der Waals surface area contributed by atoms with Gasteiger partial charge in [-0.25, -0.2) is 0 Å². The average molecular weight is 544 g/mol. The first-order valence-corrected chi connectivity index (χ1v) is 18.3. The molecule has 1 atom stereocenters. The van der Waals surface area contributed by atoms with Gasteiger partial charge in [-0.15, -0.1) is 0 Å². The molecule has 0 bridgehead atoms. The zero-order valence-corrected chi connectivity index (χ0v) is 27.0. The largest absolute Gasteiger partial charge is 0.240 e. The van der Waals surface area contributed by atoms with Crippen LogP contribution in [0.4, 0.5) is 0 Å². The minimum atomic E-state index is 0.883. The van der Waals surface area contributed by atoms with Gasteiger partial charge in [-0.2, -0.15) is 0 Å². The minimum absolute atomic E-state index is 0.883. The van der Waals surface area contributed by atoms with Crippen molar-refractivity contribution in [1.82, 2.24) is 0 Å². The lowest BCUT2D eigenvalue weighted by molar-refractivity contribution is 0.373. The van der Waals surface area contributed by atoms with Crippen LogP contribution in [-0.2, 0) is 0 Å². The van der Waals surface area contributed by atoms with Crippen LogP contribution >= 0.6 is 0 Å². The van der Waals surface area contributed by atoms with E-state index in [1.165, 1.54) is 193 Å². The first-order chi connectivity index (χ1) is 19.4. The van der Waals surface area contributed by atoms with Crippen molar-refractivity contribution in [3.63, 3.8) is 0 Å². The molecule has 0 saturated carbocycles. The van der Waals surface area contributed by atoms with Crippen LogP contribution in [0, 0.1) is 12.1 Å². The lowest BCUT2D eigenvalue weighted by Gasteiger charge is -2.16. The second-order valence-corrected chi connectivity index (χ2v) is 12.8. The van der Waals surface area contributed by atoms with Gasteiger partial charge in [0.15, 0.2) is 12.4 Å². The van der Waals surface area contributed by atoms with Gasteiger partial charge >= 0.3 is 0 Å². The highest BCUT2D eigenvalue weighted by molar-refractivity contribution is 6.18. The summed E-state index contributed by atoms with van der Waals surface area (Å²) < 4.78 is 0. The summed E-state index contributed by atoms with van der Waals surface area (Å²) in [7, 11) is 0. The van der Waals surface area contributed by atoms with Crippen LogP contribution < -0.4 is 0 Å². The summed E-state index contributed by atoms with van der Waals surface area (Å²) in [4.78, 5) is 8.84. The Labute approximate surface area is 247 Å². The minimum Gasteiger partial charge on any atom is -0.0968 e. The summed E-state index contributed by atoms with van der Waals surface area (Å²) in [6, 6.07) is 0. The predicted octanol–water partition coefficient (Wildman–Crippen LogP) is 13.4. The lowest BCUT2D eigenvalue weighted by atomic mass is 9.90. The van der Waals surface area contributed by atoms with E-state index in [9.17, 15) is 0 Å². The molecule has 39 heavy (non-hydrogen) atoms. The Hall–Kier alpha value is -0.790. The molecule has 0 amide bonds. The molecule has 2 heteroatoms. The van der Waals surface area contributed by atoms with Crippen LogP contribution in [0.3, 0.4) is 0 Å². The molecule has 1 unspecified atom stereocenters. The van der Waals surface area contributed by atoms with Crippen molar-refractivity contribution in [3.05, 3.63) is 6.17 Å². The molecule has 0 spiro atoms. The number of unbranched alkanes of at least 4 members (excludes halogenated alkanes) is 25. The quantitative estimate of drug-likeness (QED) is 0.0595. The molecule has 0 saturated heterocycles. The van der Waals surface area contributed by atoms with E-state index in [2.05, 4.69) is 23.8 Å². The van der Waals surface area contributed by atoms with Gasteiger partial charge in [0.25, 0.3) is 0 Å². The second-order valence-electron chi connectivity index (χ2n) is 12.8. The van der Waals surface area contributed by atoms with E-state index in [1.54, 1.807) is 0 Å². The Kier molecular flexibility index (Phi) is 28.0. The third kappa shape index (κ3) is 25.9. The molecule has 0 aliphatic carbocycles. The Morgan fingerprint density at radius 3 is 0.974 bits per heavy atom. The highest BCUT2D eigenvalue weighted by Gasteiger charge is 2.18. The summed E-state index contributed by atoms with van der Waals surface area (Å²) >= 11 is 0. The number of aliphatic imine (C=N–C) groups is 2. The number of nitrogens with zero attached hydrogens (tertiary/aromatic N) is 2. The third-order valence-corrected chi connectivity index (χ3v) is 8.97. The molecule has 0 fully saturated rings. The van der Waals surface area contributed by atoms with Gasteiger partial charge in [0, 0.05) is 0 Å². The van der Waals surface area contributed by atoms with Gasteiger partial charge in [-0.05, 0) is 12.3 Å². The van der Waals surface area contributed by atoms with Crippen molar-refractivity contribution in [2.75, 3.05) is 0 Å². The lowest BCUT2D eigenvalue weighted by Crippen LogP contribution is -2.03. The van der Waals surface area contributed by atoms with Crippen LogP contribution in [0.15, 0.2) is 9.98 Å².